The van der Waals surface area contributed by atoms with Gasteiger partial charge in [-0.15, -0.1) is 0 Å². The van der Waals surface area contributed by atoms with E-state index in [4.69, 9.17) is 4.74 Å². The van der Waals surface area contributed by atoms with Gasteiger partial charge < -0.3 is 4.74 Å². The van der Waals surface area contributed by atoms with Crippen LogP contribution < -0.4 is 10.3 Å². The average Bonchev–Trinajstić information content (AvgIpc) is 2.28. The van der Waals surface area contributed by atoms with Gasteiger partial charge in [0.25, 0.3) is 5.56 Å². The van der Waals surface area contributed by atoms with Crippen LogP contribution >= 0.6 is 0 Å². The van der Waals surface area contributed by atoms with E-state index in [1.54, 1.807) is 17.7 Å². The average molecular weight is 232 g/mol. The first kappa shape index (κ1) is 11.6. The minimum absolute atomic E-state index is 0.0126. The van der Waals surface area contributed by atoms with Crippen LogP contribution in [0.2, 0.25) is 0 Å². The van der Waals surface area contributed by atoms with Crippen molar-refractivity contribution in [2.75, 3.05) is 7.11 Å². The van der Waals surface area contributed by atoms with E-state index in [0.717, 1.165) is 5.82 Å². The molecule has 1 aromatic heterocycles. The fourth-order valence-electron chi connectivity index (χ4n) is 2.02. The van der Waals surface area contributed by atoms with Gasteiger partial charge in [0.15, 0.2) is 0 Å². The van der Waals surface area contributed by atoms with Gasteiger partial charge in [-0.1, -0.05) is 0 Å². The number of rotatable bonds is 2. The van der Waals surface area contributed by atoms with Crippen LogP contribution in [0.3, 0.4) is 0 Å². The molecular formula is C13H16N2O2. The molecule has 0 radical (unpaired) electrons. The highest BCUT2D eigenvalue weighted by Crippen LogP contribution is 2.17. The highest BCUT2D eigenvalue weighted by molar-refractivity contribution is 5.79. The molecule has 0 aliphatic rings. The number of aromatic nitrogens is 2. The van der Waals surface area contributed by atoms with E-state index in [-0.39, 0.29) is 11.6 Å². The van der Waals surface area contributed by atoms with Crippen LogP contribution in [0.15, 0.2) is 23.0 Å². The van der Waals surface area contributed by atoms with E-state index in [1.165, 1.54) is 0 Å². The van der Waals surface area contributed by atoms with Crippen molar-refractivity contribution >= 4 is 10.9 Å². The largest absolute Gasteiger partial charge is 0.497 e. The molecule has 0 amide bonds. The third-order valence-electron chi connectivity index (χ3n) is 2.80. The SMILES string of the molecule is COc1ccc2nc(C)n(C(C)C)c(=O)c2c1. The summed E-state index contributed by atoms with van der Waals surface area (Å²) in [7, 11) is 1.59. The lowest BCUT2D eigenvalue weighted by Gasteiger charge is -2.14. The van der Waals surface area contributed by atoms with Crippen molar-refractivity contribution in [1.29, 1.82) is 0 Å². The first-order valence-corrected chi connectivity index (χ1v) is 5.61. The molecule has 90 valence electrons. The van der Waals surface area contributed by atoms with Gasteiger partial charge in [0.05, 0.1) is 18.0 Å². The molecule has 0 saturated carbocycles. The summed E-state index contributed by atoms with van der Waals surface area (Å²) < 4.78 is 6.83. The van der Waals surface area contributed by atoms with E-state index in [1.807, 2.05) is 32.9 Å². The Hall–Kier alpha value is -1.84. The molecule has 4 heteroatoms. The molecule has 1 aromatic carbocycles. The lowest BCUT2D eigenvalue weighted by molar-refractivity contribution is 0.415. The molecule has 0 spiro atoms. The number of ether oxygens (including phenoxy) is 1. The Balaban J connectivity index is 2.84. The fraction of sp³-hybridized carbons (Fsp3) is 0.385. The molecule has 2 rings (SSSR count). The van der Waals surface area contributed by atoms with E-state index in [2.05, 4.69) is 4.98 Å². The van der Waals surface area contributed by atoms with Crippen LogP contribution in [0, 0.1) is 6.92 Å². The van der Waals surface area contributed by atoms with Crippen LogP contribution in [-0.4, -0.2) is 16.7 Å². The van der Waals surface area contributed by atoms with Crippen molar-refractivity contribution in [2.45, 2.75) is 26.8 Å². The number of nitrogens with zero attached hydrogens (tertiary/aromatic N) is 2. The van der Waals surface area contributed by atoms with Crippen molar-refractivity contribution in [3.8, 4) is 5.75 Å². The van der Waals surface area contributed by atoms with Gasteiger partial charge >= 0.3 is 0 Å². The quantitative estimate of drug-likeness (QED) is 0.798. The molecule has 0 bridgehead atoms. The number of methoxy groups -OCH3 is 1. The Kier molecular flexibility index (Phi) is 2.88. The fourth-order valence-corrected chi connectivity index (χ4v) is 2.02. The molecule has 2 aromatic rings. The van der Waals surface area contributed by atoms with Crippen molar-refractivity contribution in [2.24, 2.45) is 0 Å². The van der Waals surface area contributed by atoms with E-state index >= 15 is 0 Å². The lowest BCUT2D eigenvalue weighted by atomic mass is 10.2. The van der Waals surface area contributed by atoms with E-state index < -0.39 is 0 Å². The Bertz CT molecular complexity index is 615. The van der Waals surface area contributed by atoms with Crippen molar-refractivity contribution in [3.63, 3.8) is 0 Å². The minimum Gasteiger partial charge on any atom is -0.497 e. The predicted octanol–water partition coefficient (Wildman–Crippen LogP) is 2.29. The summed E-state index contributed by atoms with van der Waals surface area (Å²) >= 11 is 0. The Morgan fingerprint density at radius 3 is 2.65 bits per heavy atom. The van der Waals surface area contributed by atoms with Crippen LogP contribution in [0.1, 0.15) is 25.7 Å². The monoisotopic (exact) mass is 232 g/mol. The van der Waals surface area contributed by atoms with Gasteiger partial charge in [0.1, 0.15) is 11.6 Å². The van der Waals surface area contributed by atoms with Gasteiger partial charge in [-0.2, -0.15) is 0 Å². The normalized spacial score (nSPS) is 11.1. The number of aryl methyl sites for hydroxylation is 1. The zero-order valence-electron chi connectivity index (χ0n) is 10.5. The van der Waals surface area contributed by atoms with Gasteiger partial charge in [-0.25, -0.2) is 4.98 Å². The Morgan fingerprint density at radius 1 is 1.35 bits per heavy atom. The standard InChI is InChI=1S/C13H16N2O2/c1-8(2)15-9(3)14-12-6-5-10(17-4)7-11(12)13(15)16/h5-8H,1-4H3. The topological polar surface area (TPSA) is 44.1 Å². The Morgan fingerprint density at radius 2 is 2.06 bits per heavy atom. The third kappa shape index (κ3) is 1.90. The summed E-state index contributed by atoms with van der Waals surface area (Å²) in [6.45, 7) is 5.80. The van der Waals surface area contributed by atoms with Crippen molar-refractivity contribution in [3.05, 3.63) is 34.4 Å². The summed E-state index contributed by atoms with van der Waals surface area (Å²) in [6.07, 6.45) is 0. The highest BCUT2D eigenvalue weighted by Gasteiger charge is 2.10. The summed E-state index contributed by atoms with van der Waals surface area (Å²) in [4.78, 5) is 16.8. The zero-order chi connectivity index (χ0) is 12.6. The summed E-state index contributed by atoms with van der Waals surface area (Å²) in [5.41, 5.74) is 0.701. The highest BCUT2D eigenvalue weighted by atomic mass is 16.5. The first-order chi connectivity index (χ1) is 8.04. The third-order valence-corrected chi connectivity index (χ3v) is 2.80. The predicted molar refractivity (Wildman–Crippen MR) is 67.7 cm³/mol. The minimum atomic E-state index is -0.0126. The molecule has 0 aliphatic heterocycles. The van der Waals surface area contributed by atoms with Gasteiger partial charge in [0.2, 0.25) is 0 Å². The van der Waals surface area contributed by atoms with Crippen LogP contribution in [0.4, 0.5) is 0 Å². The van der Waals surface area contributed by atoms with Gasteiger partial charge in [0, 0.05) is 6.04 Å². The van der Waals surface area contributed by atoms with Crippen LogP contribution in [0.25, 0.3) is 10.9 Å². The maximum absolute atomic E-state index is 12.3. The summed E-state index contributed by atoms with van der Waals surface area (Å²) in [5.74, 6) is 1.42. The maximum Gasteiger partial charge on any atom is 0.261 e. The van der Waals surface area contributed by atoms with Crippen LogP contribution in [-0.2, 0) is 0 Å². The number of fused-ring (bicyclic) bond motifs is 1. The number of benzene rings is 1. The lowest BCUT2D eigenvalue weighted by Crippen LogP contribution is -2.25. The second-order valence-electron chi connectivity index (χ2n) is 4.31. The second-order valence-corrected chi connectivity index (χ2v) is 4.31. The molecule has 17 heavy (non-hydrogen) atoms. The molecule has 0 unspecified atom stereocenters. The Labute approximate surface area is 99.9 Å². The molecule has 0 saturated heterocycles. The molecule has 0 N–H and O–H groups in total. The van der Waals surface area contributed by atoms with Gasteiger partial charge in [-0.05, 0) is 39.0 Å². The van der Waals surface area contributed by atoms with Crippen molar-refractivity contribution < 1.29 is 4.74 Å². The maximum atomic E-state index is 12.3. The van der Waals surface area contributed by atoms with Crippen molar-refractivity contribution in [1.82, 2.24) is 9.55 Å². The first-order valence-electron chi connectivity index (χ1n) is 5.61. The van der Waals surface area contributed by atoms with E-state index in [0.29, 0.717) is 16.7 Å². The number of hydrogen-bond acceptors (Lipinski definition) is 3. The zero-order valence-corrected chi connectivity index (χ0v) is 10.5. The molecule has 0 fully saturated rings. The molecule has 0 aliphatic carbocycles. The summed E-state index contributed by atoms with van der Waals surface area (Å²) in [5, 5.41) is 0.601. The van der Waals surface area contributed by atoms with E-state index in [9.17, 15) is 4.79 Å². The smallest absolute Gasteiger partial charge is 0.261 e. The van der Waals surface area contributed by atoms with Crippen LogP contribution in [0.5, 0.6) is 5.75 Å². The summed E-state index contributed by atoms with van der Waals surface area (Å²) in [6, 6.07) is 5.47. The van der Waals surface area contributed by atoms with Gasteiger partial charge in [-0.3, -0.25) is 9.36 Å². The number of hydrogen-bond donors (Lipinski definition) is 0. The molecule has 4 nitrogen and oxygen atoms in total. The second kappa shape index (κ2) is 4.20. The molecule has 1 heterocycles. The molecular weight excluding hydrogens is 216 g/mol. The molecule has 0 atom stereocenters.